The van der Waals surface area contributed by atoms with Crippen molar-refractivity contribution in [2.45, 2.75) is 20.4 Å². The molecule has 2 N–H and O–H groups in total. The number of hydrogen-bond donors (Lipinski definition) is 2. The molecule has 0 radical (unpaired) electrons. The summed E-state index contributed by atoms with van der Waals surface area (Å²) in [6, 6.07) is 2.86. The number of halogens is 2. The van der Waals surface area contributed by atoms with Gasteiger partial charge in [-0.15, -0.1) is 0 Å². The lowest BCUT2D eigenvalue weighted by Crippen LogP contribution is -2.29. The Hall–Kier alpha value is -1.81. The van der Waals surface area contributed by atoms with E-state index in [9.17, 15) is 18.3 Å². The van der Waals surface area contributed by atoms with Crippen LogP contribution in [0, 0.1) is 0 Å². The Kier molecular flexibility index (Phi) is 7.10. The average Bonchev–Trinajstić information content (AvgIpc) is 3.01. The van der Waals surface area contributed by atoms with Crippen LogP contribution in [0.3, 0.4) is 0 Å². The van der Waals surface area contributed by atoms with E-state index in [2.05, 4.69) is 9.82 Å². The summed E-state index contributed by atoms with van der Waals surface area (Å²) in [4.78, 5) is 12.7. The lowest BCUT2D eigenvalue weighted by atomic mass is 10.1. The van der Waals surface area contributed by atoms with Gasteiger partial charge in [-0.05, 0) is 26.0 Å². The molecule has 148 valence electrons. The van der Waals surface area contributed by atoms with Gasteiger partial charge in [0.1, 0.15) is 12.2 Å². The molecule has 8 nitrogen and oxygen atoms in total. The largest absolute Gasteiger partial charge is 0.493 e. The van der Waals surface area contributed by atoms with Gasteiger partial charge >= 0.3 is 0 Å². The number of carbonyl (C=O) groups excluding carboxylic acids is 1. The van der Waals surface area contributed by atoms with Gasteiger partial charge in [0.25, 0.3) is 0 Å². The normalized spacial score (nSPS) is 11.6. The molecule has 11 heteroatoms. The van der Waals surface area contributed by atoms with Gasteiger partial charge in [-0.25, -0.2) is 17.8 Å². The van der Waals surface area contributed by atoms with E-state index < -0.39 is 15.8 Å². The van der Waals surface area contributed by atoms with Crippen LogP contribution in [-0.2, 0) is 16.6 Å². The number of aromatic nitrogens is 2. The Morgan fingerprint density at radius 2 is 2.00 bits per heavy atom. The van der Waals surface area contributed by atoms with Gasteiger partial charge in [0, 0.05) is 18.7 Å². The van der Waals surface area contributed by atoms with E-state index in [1.54, 1.807) is 6.92 Å². The predicted octanol–water partition coefficient (Wildman–Crippen LogP) is 2.46. The third-order valence-corrected chi connectivity index (χ3v) is 5.78. The smallest absolute Gasteiger partial charge is 0.220 e. The van der Waals surface area contributed by atoms with Crippen LogP contribution in [0.1, 0.15) is 29.8 Å². The van der Waals surface area contributed by atoms with E-state index >= 15 is 0 Å². The molecule has 0 atom stereocenters. The number of ether oxygens (including phenoxy) is 1. The summed E-state index contributed by atoms with van der Waals surface area (Å²) < 4.78 is 31.9. The molecule has 1 aromatic carbocycles. The van der Waals surface area contributed by atoms with Crippen LogP contribution in [-0.4, -0.2) is 48.0 Å². The fourth-order valence-electron chi connectivity index (χ4n) is 2.21. The van der Waals surface area contributed by atoms with E-state index in [0.717, 1.165) is 0 Å². The van der Waals surface area contributed by atoms with Crippen molar-refractivity contribution in [2.75, 3.05) is 18.9 Å². The summed E-state index contributed by atoms with van der Waals surface area (Å²) in [5.41, 5.74) is 0.0823. The Balaban J connectivity index is 2.21. The highest BCUT2D eigenvalue weighted by Crippen LogP contribution is 2.37. The number of aromatic hydroxyl groups is 1. The second-order valence-electron chi connectivity index (χ2n) is 5.41. The number of aryl methyl sites for hydroxylation is 1. The lowest BCUT2D eigenvalue weighted by molar-refractivity contribution is 0.103. The van der Waals surface area contributed by atoms with Crippen LogP contribution in [0.15, 0.2) is 18.3 Å². The lowest BCUT2D eigenvalue weighted by Gasteiger charge is -2.13. The topological polar surface area (TPSA) is 111 Å². The molecule has 0 aliphatic rings. The van der Waals surface area contributed by atoms with Crippen LogP contribution >= 0.6 is 23.2 Å². The second kappa shape index (κ2) is 8.92. The molecular formula is C16H19Cl2N3O5S. The highest BCUT2D eigenvalue weighted by molar-refractivity contribution is 7.89. The molecule has 0 amide bonds. The maximum Gasteiger partial charge on any atom is 0.220 e. The molecule has 2 aromatic rings. The van der Waals surface area contributed by atoms with Crippen molar-refractivity contribution in [3.8, 4) is 11.6 Å². The monoisotopic (exact) mass is 435 g/mol. The molecule has 0 saturated carbocycles. The van der Waals surface area contributed by atoms with Gasteiger partial charge in [0.15, 0.2) is 5.75 Å². The Morgan fingerprint density at radius 3 is 2.59 bits per heavy atom. The quantitative estimate of drug-likeness (QED) is 0.462. The number of sulfonamides is 1. The molecule has 1 aromatic heterocycles. The molecule has 0 spiro atoms. The summed E-state index contributed by atoms with van der Waals surface area (Å²) >= 11 is 12.4. The maximum atomic E-state index is 12.7. The van der Waals surface area contributed by atoms with Crippen molar-refractivity contribution >= 4 is 39.0 Å². The van der Waals surface area contributed by atoms with Crippen molar-refractivity contribution in [2.24, 2.45) is 0 Å². The third-order valence-electron chi connectivity index (χ3n) is 3.70. The molecule has 27 heavy (non-hydrogen) atoms. The zero-order valence-corrected chi connectivity index (χ0v) is 17.0. The summed E-state index contributed by atoms with van der Waals surface area (Å²) in [5, 5.41) is 14.1. The van der Waals surface area contributed by atoms with Crippen LogP contribution in [0.5, 0.6) is 11.6 Å². The van der Waals surface area contributed by atoms with E-state index in [1.807, 2.05) is 0 Å². The number of benzene rings is 1. The predicted molar refractivity (Wildman–Crippen MR) is 102 cm³/mol. The summed E-state index contributed by atoms with van der Waals surface area (Å²) in [6.07, 6.45) is 1.26. The summed E-state index contributed by atoms with van der Waals surface area (Å²) in [5.74, 6) is -0.787. The van der Waals surface area contributed by atoms with Gasteiger partial charge in [-0.2, -0.15) is 5.10 Å². The molecule has 0 fully saturated rings. The van der Waals surface area contributed by atoms with Crippen LogP contribution in [0.4, 0.5) is 0 Å². The first kappa shape index (κ1) is 21.5. The number of nitrogens with one attached hydrogen (secondary N) is 1. The highest BCUT2D eigenvalue weighted by atomic mass is 35.5. The second-order valence-corrected chi connectivity index (χ2v) is 8.29. The van der Waals surface area contributed by atoms with Crippen molar-refractivity contribution in [1.29, 1.82) is 0 Å². The minimum absolute atomic E-state index is 0.00253. The molecular weight excluding hydrogens is 417 g/mol. The van der Waals surface area contributed by atoms with E-state index in [0.29, 0.717) is 6.54 Å². The molecule has 0 aliphatic carbocycles. The maximum absolute atomic E-state index is 12.7. The summed E-state index contributed by atoms with van der Waals surface area (Å²) in [6.45, 7) is 3.67. The van der Waals surface area contributed by atoms with Crippen molar-refractivity contribution in [3.63, 3.8) is 0 Å². The standard InChI is InChI=1S/C16H19Cl2N3O5S/c1-3-21-16(23)11(9-19-21)14(22)10-5-6-12(17)15(13(10)18)26-8-7-20-27(24,25)4-2/h5-6,9,20,23H,3-4,7-8H2,1-2H3. The Bertz CT molecular complexity index is 944. The van der Waals surface area contributed by atoms with E-state index in [4.69, 9.17) is 27.9 Å². The minimum atomic E-state index is -3.34. The average molecular weight is 436 g/mol. The van der Waals surface area contributed by atoms with E-state index in [1.165, 1.54) is 29.9 Å². The first-order valence-electron chi connectivity index (χ1n) is 8.09. The molecule has 0 saturated heterocycles. The SMILES string of the molecule is CCn1ncc(C(=O)c2ccc(Cl)c(OCCNS(=O)(=O)CC)c2Cl)c1O. The zero-order valence-electron chi connectivity index (χ0n) is 14.7. The molecule has 0 aliphatic heterocycles. The van der Waals surface area contributed by atoms with Crippen molar-refractivity contribution in [1.82, 2.24) is 14.5 Å². The number of nitrogens with zero attached hydrogens (tertiary/aromatic N) is 2. The van der Waals surface area contributed by atoms with Crippen LogP contribution < -0.4 is 9.46 Å². The minimum Gasteiger partial charge on any atom is -0.493 e. The Morgan fingerprint density at radius 1 is 1.30 bits per heavy atom. The summed E-state index contributed by atoms with van der Waals surface area (Å²) in [7, 11) is -3.34. The molecule has 1 heterocycles. The van der Waals surface area contributed by atoms with Crippen molar-refractivity contribution in [3.05, 3.63) is 39.5 Å². The van der Waals surface area contributed by atoms with E-state index in [-0.39, 0.29) is 51.7 Å². The first-order chi connectivity index (χ1) is 12.7. The fraction of sp³-hybridized carbons (Fsp3) is 0.375. The number of rotatable bonds is 9. The Labute approximate surface area is 167 Å². The first-order valence-corrected chi connectivity index (χ1v) is 10.5. The number of hydrogen-bond acceptors (Lipinski definition) is 6. The van der Waals surface area contributed by atoms with Crippen molar-refractivity contribution < 1.29 is 23.1 Å². The van der Waals surface area contributed by atoms with Gasteiger partial charge in [0.2, 0.25) is 21.7 Å². The third kappa shape index (κ3) is 4.92. The zero-order chi connectivity index (χ0) is 20.2. The molecule has 0 bridgehead atoms. The van der Waals surface area contributed by atoms with Gasteiger partial charge in [-0.3, -0.25) is 4.79 Å². The van der Waals surface area contributed by atoms with Crippen LogP contribution in [0.25, 0.3) is 0 Å². The van der Waals surface area contributed by atoms with Crippen LogP contribution in [0.2, 0.25) is 10.0 Å². The number of carbonyl (C=O) groups is 1. The fourth-order valence-corrected chi connectivity index (χ4v) is 3.37. The van der Waals surface area contributed by atoms with Gasteiger partial charge in [-0.1, -0.05) is 23.2 Å². The van der Waals surface area contributed by atoms with Gasteiger partial charge < -0.3 is 9.84 Å². The highest BCUT2D eigenvalue weighted by Gasteiger charge is 2.23. The molecule has 2 rings (SSSR count). The molecule has 0 unspecified atom stereocenters. The van der Waals surface area contributed by atoms with Gasteiger partial charge in [0.05, 0.1) is 22.0 Å². The number of ketones is 1.